The largest absolute Gasteiger partial charge is 0.444 e. The van der Waals surface area contributed by atoms with Crippen LogP contribution in [0.15, 0.2) is 36.7 Å². The minimum atomic E-state index is -0.491. The Balaban J connectivity index is 1.12. The molecule has 43 heavy (non-hydrogen) atoms. The van der Waals surface area contributed by atoms with E-state index < -0.39 is 5.60 Å². The summed E-state index contributed by atoms with van der Waals surface area (Å²) in [6.45, 7) is 8.79. The number of likely N-dealkylation sites (tertiary alicyclic amines) is 1. The van der Waals surface area contributed by atoms with E-state index in [-0.39, 0.29) is 18.2 Å². The van der Waals surface area contributed by atoms with Crippen LogP contribution in [0.25, 0.3) is 11.2 Å². The average Bonchev–Trinajstić information content (AvgIpc) is 3.65. The summed E-state index contributed by atoms with van der Waals surface area (Å²) in [6.07, 6.45) is 12.3. The van der Waals surface area contributed by atoms with Crippen molar-refractivity contribution in [1.82, 2.24) is 29.7 Å². The maximum Gasteiger partial charge on any atom is 0.407 e. The summed E-state index contributed by atoms with van der Waals surface area (Å²) in [6, 6.07) is 11.9. The molecular weight excluding hydrogens is 540 g/mol. The quantitative estimate of drug-likeness (QED) is 0.283. The fraction of sp³-hybridized carbons (Fsp3) is 0.636. The highest BCUT2D eigenvalue weighted by molar-refractivity contribution is 5.84. The van der Waals surface area contributed by atoms with Crippen molar-refractivity contribution in [2.24, 2.45) is 0 Å². The molecule has 0 spiro atoms. The van der Waals surface area contributed by atoms with Crippen LogP contribution in [0.4, 0.5) is 16.6 Å². The number of anilines is 2. The van der Waals surface area contributed by atoms with Gasteiger partial charge in [0.1, 0.15) is 5.60 Å². The molecule has 3 N–H and O–H groups in total. The van der Waals surface area contributed by atoms with Gasteiger partial charge in [-0.1, -0.05) is 43.2 Å². The molecule has 10 heteroatoms. The molecule has 2 saturated carbocycles. The smallest absolute Gasteiger partial charge is 0.407 e. The normalized spacial score (nSPS) is 22.5. The molecule has 2 aliphatic carbocycles. The minimum absolute atomic E-state index is 0.130. The fourth-order valence-corrected chi connectivity index (χ4v) is 6.84. The van der Waals surface area contributed by atoms with Crippen LogP contribution in [0, 0.1) is 0 Å². The number of aromatic nitrogens is 4. The molecule has 3 fully saturated rings. The zero-order chi connectivity index (χ0) is 29.8. The Morgan fingerprint density at radius 3 is 2.26 bits per heavy atom. The van der Waals surface area contributed by atoms with Crippen molar-refractivity contribution in [3.63, 3.8) is 0 Å². The maximum atomic E-state index is 12.3. The Morgan fingerprint density at radius 1 is 0.884 bits per heavy atom. The molecule has 6 rings (SSSR count). The number of nitrogens with one attached hydrogen (secondary N) is 3. The first-order valence-electron chi connectivity index (χ1n) is 16.3. The third kappa shape index (κ3) is 7.77. The van der Waals surface area contributed by atoms with E-state index >= 15 is 0 Å². The van der Waals surface area contributed by atoms with Gasteiger partial charge in [-0.2, -0.15) is 9.97 Å². The second-order valence-corrected chi connectivity index (χ2v) is 13.7. The van der Waals surface area contributed by atoms with Gasteiger partial charge in [0.2, 0.25) is 5.95 Å². The van der Waals surface area contributed by atoms with Gasteiger partial charge in [-0.3, -0.25) is 4.90 Å². The summed E-state index contributed by atoms with van der Waals surface area (Å²) in [7, 11) is 0. The Hall–Kier alpha value is -3.40. The Kier molecular flexibility index (Phi) is 9.02. The molecule has 3 heterocycles. The fourth-order valence-electron chi connectivity index (χ4n) is 6.84. The Labute approximate surface area is 255 Å². The topological polar surface area (TPSA) is 109 Å². The van der Waals surface area contributed by atoms with Crippen LogP contribution in [-0.4, -0.2) is 67.3 Å². The molecule has 1 amide bonds. The van der Waals surface area contributed by atoms with Crippen LogP contribution in [0.5, 0.6) is 0 Å². The Morgan fingerprint density at radius 2 is 1.56 bits per heavy atom. The van der Waals surface area contributed by atoms with E-state index in [4.69, 9.17) is 19.7 Å². The van der Waals surface area contributed by atoms with Gasteiger partial charge in [0.05, 0.1) is 6.33 Å². The van der Waals surface area contributed by atoms with Crippen molar-refractivity contribution in [2.75, 3.05) is 23.7 Å². The van der Waals surface area contributed by atoms with E-state index in [2.05, 4.69) is 55.7 Å². The van der Waals surface area contributed by atoms with Crippen LogP contribution >= 0.6 is 0 Å². The zero-order valence-corrected chi connectivity index (χ0v) is 26.0. The van der Waals surface area contributed by atoms with Gasteiger partial charge in [-0.25, -0.2) is 9.78 Å². The third-order valence-electron chi connectivity index (χ3n) is 9.10. The highest BCUT2D eigenvalue weighted by atomic mass is 16.6. The summed E-state index contributed by atoms with van der Waals surface area (Å²) >= 11 is 0. The number of hydrogen-bond donors (Lipinski definition) is 3. The highest BCUT2D eigenvalue weighted by Crippen LogP contribution is 2.34. The van der Waals surface area contributed by atoms with E-state index in [1.165, 1.54) is 31.2 Å². The molecule has 1 saturated heterocycles. The first kappa shape index (κ1) is 29.7. The molecule has 1 aliphatic heterocycles. The number of piperidine rings is 1. The van der Waals surface area contributed by atoms with E-state index in [0.717, 1.165) is 75.1 Å². The first-order chi connectivity index (χ1) is 20.8. The molecule has 0 unspecified atom stereocenters. The predicted molar refractivity (Wildman–Crippen MR) is 170 cm³/mol. The lowest BCUT2D eigenvalue weighted by atomic mass is 9.91. The number of alkyl carbamates (subject to hydrolysis) is 1. The first-order valence-corrected chi connectivity index (χ1v) is 16.3. The molecule has 0 atom stereocenters. The second-order valence-electron chi connectivity index (χ2n) is 13.7. The molecule has 0 radical (unpaired) electrons. The summed E-state index contributed by atoms with van der Waals surface area (Å²) in [5, 5.41) is 10.5. The average molecular weight is 589 g/mol. The summed E-state index contributed by atoms with van der Waals surface area (Å²) in [5.74, 6) is 1.51. The summed E-state index contributed by atoms with van der Waals surface area (Å²) in [4.78, 5) is 29.7. The van der Waals surface area contributed by atoms with E-state index in [9.17, 15) is 4.79 Å². The number of carbonyl (C=O) groups is 1. The number of rotatable bonds is 8. The van der Waals surface area contributed by atoms with Crippen LogP contribution < -0.4 is 16.0 Å². The van der Waals surface area contributed by atoms with Gasteiger partial charge in [-0.15, -0.1) is 0 Å². The number of carbonyl (C=O) groups excluding carboxylic acids is 1. The van der Waals surface area contributed by atoms with Crippen LogP contribution in [0.1, 0.15) is 96.6 Å². The predicted octanol–water partition coefficient (Wildman–Crippen LogP) is 6.27. The highest BCUT2D eigenvalue weighted by Gasteiger charge is 2.28. The molecular formula is C33H48N8O2. The van der Waals surface area contributed by atoms with Gasteiger partial charge in [0, 0.05) is 43.8 Å². The van der Waals surface area contributed by atoms with Crippen LogP contribution in [0.3, 0.4) is 0 Å². The summed E-state index contributed by atoms with van der Waals surface area (Å²) in [5.41, 5.74) is 2.67. The van der Waals surface area contributed by atoms with Crippen molar-refractivity contribution in [3.8, 4) is 0 Å². The van der Waals surface area contributed by atoms with Crippen molar-refractivity contribution >= 4 is 29.0 Å². The monoisotopic (exact) mass is 588 g/mol. The number of nitrogens with zero attached hydrogens (tertiary/aromatic N) is 5. The minimum Gasteiger partial charge on any atom is -0.444 e. The standard InChI is InChI=1S/C33H48N8O2/c1-33(2,3)43-32(42)37-25-15-13-24(14-16-25)36-31-38-29(28-30(39-31)41(22-34-28)27-11-7-8-12-27)35-26-17-19-40(20-18-26)21-23-9-5-4-6-10-23/h4-6,9-10,22,24-27H,7-8,11-21H2,1-3H3,(H,37,42)(H2,35,36,38,39). The molecule has 2 aromatic heterocycles. The van der Waals surface area contributed by atoms with Crippen molar-refractivity contribution < 1.29 is 9.53 Å². The second kappa shape index (κ2) is 13.1. The number of imidazole rings is 1. The van der Waals surface area contributed by atoms with Gasteiger partial charge in [0.25, 0.3) is 0 Å². The van der Waals surface area contributed by atoms with E-state index in [1.807, 2.05) is 27.1 Å². The van der Waals surface area contributed by atoms with Gasteiger partial charge in [0.15, 0.2) is 17.0 Å². The van der Waals surface area contributed by atoms with Gasteiger partial charge < -0.3 is 25.3 Å². The van der Waals surface area contributed by atoms with Gasteiger partial charge in [-0.05, 0) is 77.7 Å². The van der Waals surface area contributed by atoms with Crippen LogP contribution in [0.2, 0.25) is 0 Å². The number of hydrogen-bond acceptors (Lipinski definition) is 8. The number of fused-ring (bicyclic) bond motifs is 1. The SMILES string of the molecule is CC(C)(C)OC(=O)NC1CCC(Nc2nc(NC3CCN(Cc4ccccc4)CC3)c3ncn(C4CCCC4)c3n2)CC1. The third-order valence-corrected chi connectivity index (χ3v) is 9.10. The maximum absolute atomic E-state index is 12.3. The zero-order valence-electron chi connectivity index (χ0n) is 26.0. The number of benzene rings is 1. The molecule has 3 aromatic rings. The molecule has 1 aromatic carbocycles. The van der Waals surface area contributed by atoms with Gasteiger partial charge >= 0.3 is 6.09 Å². The van der Waals surface area contributed by atoms with Crippen molar-refractivity contribution in [2.45, 2.75) is 121 Å². The molecule has 0 bridgehead atoms. The van der Waals surface area contributed by atoms with Crippen LogP contribution in [-0.2, 0) is 11.3 Å². The Bertz CT molecular complexity index is 1350. The molecule has 3 aliphatic rings. The van der Waals surface area contributed by atoms with Crippen molar-refractivity contribution in [3.05, 3.63) is 42.2 Å². The lowest BCUT2D eigenvalue weighted by Gasteiger charge is -2.33. The number of amides is 1. The molecule has 10 nitrogen and oxygen atoms in total. The molecule has 232 valence electrons. The summed E-state index contributed by atoms with van der Waals surface area (Å²) < 4.78 is 7.74. The number of ether oxygens (including phenoxy) is 1. The lowest BCUT2D eigenvalue weighted by Crippen LogP contribution is -2.42. The lowest BCUT2D eigenvalue weighted by molar-refractivity contribution is 0.0492. The van der Waals surface area contributed by atoms with Crippen molar-refractivity contribution in [1.29, 1.82) is 0 Å². The van der Waals surface area contributed by atoms with E-state index in [1.54, 1.807) is 0 Å². The van der Waals surface area contributed by atoms with E-state index in [0.29, 0.717) is 18.0 Å².